The Morgan fingerprint density at radius 2 is 1.33 bits per heavy atom. The average molecular weight is 476 g/mol. The SMILES string of the molecule is CCOC(=O)[C@@H]1N(c2ccc(Cl)cc2)[C@@H](c2ccccc2)N(C(=O)OCC)N1C(=O)OCC. The predicted molar refractivity (Wildman–Crippen MR) is 121 cm³/mol. The lowest BCUT2D eigenvalue weighted by Gasteiger charge is -2.30. The molecule has 0 aromatic heterocycles. The number of esters is 1. The van der Waals surface area contributed by atoms with Crippen LogP contribution in [0.2, 0.25) is 5.02 Å². The maximum Gasteiger partial charge on any atom is 0.431 e. The summed E-state index contributed by atoms with van der Waals surface area (Å²) < 4.78 is 15.8. The molecule has 0 N–H and O–H groups in total. The van der Waals surface area contributed by atoms with E-state index in [1.54, 1.807) is 74.2 Å². The van der Waals surface area contributed by atoms with Crippen molar-refractivity contribution < 1.29 is 28.6 Å². The van der Waals surface area contributed by atoms with Gasteiger partial charge in [0.2, 0.25) is 6.17 Å². The largest absolute Gasteiger partial charge is 0.463 e. The normalized spacial score (nSPS) is 17.6. The summed E-state index contributed by atoms with van der Waals surface area (Å²) in [7, 11) is 0. The number of nitrogens with zero attached hydrogens (tertiary/aromatic N) is 3. The highest BCUT2D eigenvalue weighted by Crippen LogP contribution is 2.42. The zero-order valence-electron chi connectivity index (χ0n) is 18.6. The number of anilines is 1. The molecule has 3 rings (SSSR count). The Kier molecular flexibility index (Phi) is 8.00. The molecule has 9 nitrogen and oxygen atoms in total. The molecule has 1 heterocycles. The number of halogens is 1. The first-order valence-electron chi connectivity index (χ1n) is 10.6. The Morgan fingerprint density at radius 1 is 0.788 bits per heavy atom. The van der Waals surface area contributed by atoms with Crippen molar-refractivity contribution in [3.05, 3.63) is 65.2 Å². The summed E-state index contributed by atoms with van der Waals surface area (Å²) in [5, 5.41) is 2.53. The third-order valence-electron chi connectivity index (χ3n) is 4.85. The number of amides is 2. The van der Waals surface area contributed by atoms with E-state index in [1.165, 1.54) is 0 Å². The maximum atomic E-state index is 13.2. The average Bonchev–Trinajstić information content (AvgIpc) is 3.17. The molecule has 176 valence electrons. The van der Waals surface area contributed by atoms with Gasteiger partial charge in [-0.1, -0.05) is 41.9 Å². The second-order valence-electron chi connectivity index (χ2n) is 6.88. The summed E-state index contributed by atoms with van der Waals surface area (Å²) in [5.74, 6) is -0.728. The second kappa shape index (κ2) is 10.9. The van der Waals surface area contributed by atoms with E-state index >= 15 is 0 Å². The standard InChI is InChI=1S/C23H26ClN3O6/c1-4-31-21(28)20-25(18-14-12-17(24)13-15-18)19(16-10-8-7-9-11-16)26(22(29)32-5-2)27(20)23(30)33-6-3/h7-15,19-20H,4-6H2,1-3H3/t19-,20-/m1/s1. The first-order valence-corrected chi connectivity index (χ1v) is 11.0. The Labute approximate surface area is 197 Å². The second-order valence-corrected chi connectivity index (χ2v) is 7.32. The van der Waals surface area contributed by atoms with Crippen LogP contribution in [-0.4, -0.2) is 54.2 Å². The van der Waals surface area contributed by atoms with Gasteiger partial charge in [0.05, 0.1) is 19.8 Å². The maximum absolute atomic E-state index is 13.2. The molecule has 0 unspecified atom stereocenters. The van der Waals surface area contributed by atoms with Crippen LogP contribution in [0.3, 0.4) is 0 Å². The van der Waals surface area contributed by atoms with Crippen LogP contribution in [0.25, 0.3) is 0 Å². The molecule has 1 aliphatic heterocycles. The molecule has 10 heteroatoms. The lowest BCUT2D eigenvalue weighted by molar-refractivity contribution is -0.150. The molecule has 2 aromatic carbocycles. The van der Waals surface area contributed by atoms with E-state index in [-0.39, 0.29) is 19.8 Å². The molecule has 0 saturated carbocycles. The van der Waals surface area contributed by atoms with Crippen molar-refractivity contribution in [3.63, 3.8) is 0 Å². The van der Waals surface area contributed by atoms with E-state index in [0.29, 0.717) is 16.3 Å². The van der Waals surface area contributed by atoms with Gasteiger partial charge in [0.25, 0.3) is 0 Å². The zero-order chi connectivity index (χ0) is 24.0. The zero-order valence-corrected chi connectivity index (χ0v) is 19.4. The number of hydrogen-bond acceptors (Lipinski definition) is 7. The number of rotatable bonds is 6. The Morgan fingerprint density at radius 3 is 1.88 bits per heavy atom. The minimum Gasteiger partial charge on any atom is -0.463 e. The summed E-state index contributed by atoms with van der Waals surface area (Å²) in [5.41, 5.74) is 1.18. The molecule has 33 heavy (non-hydrogen) atoms. The number of benzene rings is 2. The van der Waals surface area contributed by atoms with Crippen LogP contribution in [0, 0.1) is 0 Å². The molecule has 0 spiro atoms. The van der Waals surface area contributed by atoms with E-state index in [4.69, 9.17) is 25.8 Å². The summed E-state index contributed by atoms with van der Waals surface area (Å²) in [4.78, 5) is 41.1. The van der Waals surface area contributed by atoms with E-state index in [9.17, 15) is 14.4 Å². The van der Waals surface area contributed by atoms with Gasteiger partial charge in [-0.2, -0.15) is 10.0 Å². The van der Waals surface area contributed by atoms with Gasteiger partial charge >= 0.3 is 18.2 Å². The van der Waals surface area contributed by atoms with Crippen LogP contribution in [0.1, 0.15) is 32.5 Å². The predicted octanol–water partition coefficient (Wildman–Crippen LogP) is 4.58. The highest BCUT2D eigenvalue weighted by molar-refractivity contribution is 6.30. The van der Waals surface area contributed by atoms with Gasteiger partial charge in [-0.05, 0) is 50.6 Å². The molecule has 2 aromatic rings. The quantitative estimate of drug-likeness (QED) is 0.446. The van der Waals surface area contributed by atoms with Crippen molar-refractivity contribution in [2.45, 2.75) is 33.1 Å². The minimum atomic E-state index is -1.33. The van der Waals surface area contributed by atoms with Gasteiger partial charge in [0.15, 0.2) is 6.17 Å². The fourth-order valence-electron chi connectivity index (χ4n) is 3.61. The Hall–Kier alpha value is -3.46. The van der Waals surface area contributed by atoms with Crippen molar-refractivity contribution in [1.29, 1.82) is 0 Å². The van der Waals surface area contributed by atoms with Gasteiger partial charge < -0.3 is 19.1 Å². The lowest BCUT2D eigenvalue weighted by Crippen LogP contribution is -2.53. The van der Waals surface area contributed by atoms with Crippen molar-refractivity contribution in [2.75, 3.05) is 24.7 Å². The third-order valence-corrected chi connectivity index (χ3v) is 5.10. The van der Waals surface area contributed by atoms with Gasteiger partial charge in [0.1, 0.15) is 0 Å². The van der Waals surface area contributed by atoms with Crippen LogP contribution >= 0.6 is 11.6 Å². The summed E-state index contributed by atoms with van der Waals surface area (Å²) in [6.07, 6.45) is -3.95. The van der Waals surface area contributed by atoms with E-state index in [1.807, 2.05) is 6.07 Å². The van der Waals surface area contributed by atoms with Crippen molar-refractivity contribution in [3.8, 4) is 0 Å². The number of carbonyl (C=O) groups excluding carboxylic acids is 3. The monoisotopic (exact) mass is 475 g/mol. The van der Waals surface area contributed by atoms with Crippen LogP contribution in [0.4, 0.5) is 15.3 Å². The smallest absolute Gasteiger partial charge is 0.431 e. The van der Waals surface area contributed by atoms with Gasteiger partial charge in [-0.25, -0.2) is 14.4 Å². The molecule has 0 radical (unpaired) electrons. The Bertz CT molecular complexity index is 972. The first-order chi connectivity index (χ1) is 15.9. The van der Waals surface area contributed by atoms with Gasteiger partial charge in [-0.3, -0.25) is 0 Å². The highest BCUT2D eigenvalue weighted by atomic mass is 35.5. The van der Waals surface area contributed by atoms with Crippen LogP contribution in [-0.2, 0) is 19.0 Å². The molecular formula is C23H26ClN3O6. The molecule has 2 atom stereocenters. The van der Waals surface area contributed by atoms with Gasteiger partial charge in [-0.15, -0.1) is 0 Å². The van der Waals surface area contributed by atoms with Crippen molar-refractivity contribution >= 4 is 35.4 Å². The molecule has 0 aliphatic carbocycles. The molecule has 1 fully saturated rings. The fourth-order valence-corrected chi connectivity index (χ4v) is 3.74. The number of hydrazine groups is 1. The minimum absolute atomic E-state index is 0.0402. The highest BCUT2D eigenvalue weighted by Gasteiger charge is 2.56. The topological polar surface area (TPSA) is 88.6 Å². The molecule has 2 amide bonds. The molecular weight excluding hydrogens is 450 g/mol. The summed E-state index contributed by atoms with van der Waals surface area (Å²) in [6.45, 7) is 5.13. The molecule has 1 saturated heterocycles. The summed E-state index contributed by atoms with van der Waals surface area (Å²) >= 11 is 6.08. The van der Waals surface area contributed by atoms with Crippen molar-refractivity contribution in [2.24, 2.45) is 0 Å². The number of carbonyl (C=O) groups is 3. The van der Waals surface area contributed by atoms with Gasteiger partial charge in [0, 0.05) is 10.7 Å². The lowest BCUT2D eigenvalue weighted by atomic mass is 10.1. The van der Waals surface area contributed by atoms with Crippen LogP contribution < -0.4 is 4.90 Å². The van der Waals surface area contributed by atoms with Crippen LogP contribution in [0.15, 0.2) is 54.6 Å². The summed E-state index contributed by atoms with van der Waals surface area (Å²) in [6, 6.07) is 15.7. The van der Waals surface area contributed by atoms with Crippen molar-refractivity contribution in [1.82, 2.24) is 10.0 Å². The van der Waals surface area contributed by atoms with Crippen LogP contribution in [0.5, 0.6) is 0 Å². The Balaban J connectivity index is 2.27. The van der Waals surface area contributed by atoms with E-state index < -0.39 is 30.5 Å². The molecule has 0 bridgehead atoms. The third kappa shape index (κ3) is 4.98. The van der Waals surface area contributed by atoms with E-state index in [0.717, 1.165) is 10.0 Å². The van der Waals surface area contributed by atoms with E-state index in [2.05, 4.69) is 0 Å². The number of ether oxygens (including phenoxy) is 3. The fraction of sp³-hybridized carbons (Fsp3) is 0.348. The first kappa shape index (κ1) is 24.2. The number of hydrogen-bond donors (Lipinski definition) is 0. The molecule has 1 aliphatic rings.